The average Bonchev–Trinajstić information content (AvgIpc) is 2.41. The Morgan fingerprint density at radius 3 is 2.37 bits per heavy atom. The topological polar surface area (TPSA) is 56.5 Å². The number of ether oxygens (including phenoxy) is 2. The largest absolute Gasteiger partial charge is 0.491 e. The molecule has 0 aliphatic heterocycles. The predicted molar refractivity (Wildman–Crippen MR) is 79.7 cm³/mol. The summed E-state index contributed by atoms with van der Waals surface area (Å²) in [5, 5.41) is 3.41. The van der Waals surface area contributed by atoms with Crippen LogP contribution in [0.5, 0.6) is 5.75 Å². The van der Waals surface area contributed by atoms with Crippen LogP contribution in [0.2, 0.25) is 0 Å². The van der Waals surface area contributed by atoms with E-state index in [-0.39, 0.29) is 0 Å². The van der Waals surface area contributed by atoms with Gasteiger partial charge in [0.05, 0.1) is 6.61 Å². The maximum Gasteiger partial charge on any atom is 0.119 e. The maximum atomic E-state index is 5.76. The molecule has 108 valence electrons. The van der Waals surface area contributed by atoms with Gasteiger partial charge in [-0.15, -0.1) is 0 Å². The van der Waals surface area contributed by atoms with Gasteiger partial charge in [0.2, 0.25) is 0 Å². The van der Waals surface area contributed by atoms with Crippen LogP contribution in [0.25, 0.3) is 0 Å². The summed E-state index contributed by atoms with van der Waals surface area (Å²) in [5.41, 5.74) is 6.85. The zero-order valence-electron chi connectivity index (χ0n) is 12.2. The number of nitrogens with two attached hydrogens (primary N) is 1. The van der Waals surface area contributed by atoms with E-state index in [0.717, 1.165) is 18.0 Å². The van der Waals surface area contributed by atoms with Gasteiger partial charge in [-0.05, 0) is 42.6 Å². The van der Waals surface area contributed by atoms with Gasteiger partial charge in [-0.3, -0.25) is 0 Å². The van der Waals surface area contributed by atoms with Gasteiger partial charge < -0.3 is 20.5 Å². The highest BCUT2D eigenvalue weighted by molar-refractivity contribution is 5.46. The lowest BCUT2D eigenvalue weighted by molar-refractivity contribution is 0.146. The molecule has 0 saturated heterocycles. The molecule has 0 bridgehead atoms. The summed E-state index contributed by atoms with van der Waals surface area (Å²) in [6, 6.07) is 7.97. The Morgan fingerprint density at radius 1 is 1.16 bits per heavy atom. The Morgan fingerprint density at radius 2 is 1.84 bits per heavy atom. The summed E-state index contributed by atoms with van der Waals surface area (Å²) in [5.74, 6) is 1.95. The fourth-order valence-electron chi connectivity index (χ4n) is 1.75. The van der Waals surface area contributed by atoms with Crippen LogP contribution < -0.4 is 15.8 Å². The fraction of sp³-hybridized carbons (Fsp3) is 0.600. The van der Waals surface area contributed by atoms with Gasteiger partial charge in [0.1, 0.15) is 12.4 Å². The lowest BCUT2D eigenvalue weighted by Gasteiger charge is -2.20. The van der Waals surface area contributed by atoms with Gasteiger partial charge in [-0.25, -0.2) is 0 Å². The van der Waals surface area contributed by atoms with Gasteiger partial charge in [0.15, 0.2) is 0 Å². The smallest absolute Gasteiger partial charge is 0.119 e. The first-order chi connectivity index (χ1) is 9.17. The van der Waals surface area contributed by atoms with Crippen molar-refractivity contribution in [3.8, 4) is 5.75 Å². The van der Waals surface area contributed by atoms with Crippen molar-refractivity contribution in [2.45, 2.75) is 13.8 Å². The van der Waals surface area contributed by atoms with Crippen LogP contribution in [0.4, 0.5) is 5.69 Å². The fourth-order valence-corrected chi connectivity index (χ4v) is 1.75. The second kappa shape index (κ2) is 8.77. The van der Waals surface area contributed by atoms with E-state index in [2.05, 4.69) is 19.2 Å². The van der Waals surface area contributed by atoms with E-state index in [1.54, 1.807) is 7.11 Å². The van der Waals surface area contributed by atoms with Crippen LogP contribution in [0.3, 0.4) is 0 Å². The molecule has 1 aromatic carbocycles. The molecular formula is C15H26N2O2. The molecule has 4 nitrogen and oxygen atoms in total. The van der Waals surface area contributed by atoms with Gasteiger partial charge in [-0.1, -0.05) is 13.8 Å². The summed E-state index contributed by atoms with van der Waals surface area (Å²) in [6.07, 6.45) is 0. The first kappa shape index (κ1) is 15.8. The molecule has 1 atom stereocenters. The number of nitrogens with one attached hydrogen (secondary N) is 1. The van der Waals surface area contributed by atoms with E-state index in [9.17, 15) is 0 Å². The van der Waals surface area contributed by atoms with Crippen LogP contribution in [0, 0.1) is 11.8 Å². The minimum atomic E-state index is 0.498. The Bertz CT molecular complexity index is 339. The number of benzene rings is 1. The van der Waals surface area contributed by atoms with Crippen molar-refractivity contribution in [1.82, 2.24) is 0 Å². The summed E-state index contributed by atoms with van der Waals surface area (Å²) in [4.78, 5) is 0. The molecule has 0 aliphatic rings. The molecule has 0 radical (unpaired) electrons. The van der Waals surface area contributed by atoms with Crippen LogP contribution in [-0.4, -0.2) is 33.4 Å². The molecule has 4 heteroatoms. The minimum absolute atomic E-state index is 0.498. The SMILES string of the molecule is COCCOc1ccc(NCC(CN)C(C)C)cc1. The van der Waals surface area contributed by atoms with Crippen LogP contribution in [0.15, 0.2) is 24.3 Å². The van der Waals surface area contributed by atoms with E-state index in [1.807, 2.05) is 24.3 Å². The van der Waals surface area contributed by atoms with Crippen molar-refractivity contribution in [3.63, 3.8) is 0 Å². The molecule has 0 saturated carbocycles. The van der Waals surface area contributed by atoms with Crippen molar-refractivity contribution in [2.75, 3.05) is 38.7 Å². The van der Waals surface area contributed by atoms with Crippen molar-refractivity contribution < 1.29 is 9.47 Å². The maximum absolute atomic E-state index is 5.76. The molecule has 19 heavy (non-hydrogen) atoms. The van der Waals surface area contributed by atoms with Gasteiger partial charge in [-0.2, -0.15) is 0 Å². The van der Waals surface area contributed by atoms with Crippen LogP contribution in [-0.2, 0) is 4.74 Å². The molecule has 0 aliphatic carbocycles. The third-order valence-corrected chi connectivity index (χ3v) is 3.22. The highest BCUT2D eigenvalue weighted by Crippen LogP contribution is 2.17. The Hall–Kier alpha value is -1.26. The quantitative estimate of drug-likeness (QED) is 0.674. The number of anilines is 1. The van der Waals surface area contributed by atoms with Crippen molar-refractivity contribution >= 4 is 5.69 Å². The first-order valence-electron chi connectivity index (χ1n) is 6.83. The van der Waals surface area contributed by atoms with Gasteiger partial charge in [0.25, 0.3) is 0 Å². The second-order valence-electron chi connectivity index (χ2n) is 4.99. The lowest BCUT2D eigenvalue weighted by Crippen LogP contribution is -2.27. The zero-order valence-corrected chi connectivity index (χ0v) is 12.2. The highest BCUT2D eigenvalue weighted by atomic mass is 16.5. The minimum Gasteiger partial charge on any atom is -0.491 e. The first-order valence-corrected chi connectivity index (χ1v) is 6.83. The monoisotopic (exact) mass is 266 g/mol. The number of rotatable bonds is 9. The molecule has 0 aromatic heterocycles. The van der Waals surface area contributed by atoms with Crippen molar-refractivity contribution in [2.24, 2.45) is 17.6 Å². The molecular weight excluding hydrogens is 240 g/mol. The molecule has 0 spiro atoms. The van der Waals surface area contributed by atoms with E-state index in [0.29, 0.717) is 31.6 Å². The van der Waals surface area contributed by atoms with E-state index < -0.39 is 0 Å². The molecule has 0 amide bonds. The molecule has 1 rings (SSSR count). The molecule has 1 unspecified atom stereocenters. The standard InChI is InChI=1S/C15H26N2O2/c1-12(2)13(10-16)11-17-14-4-6-15(7-5-14)19-9-8-18-3/h4-7,12-13,17H,8-11,16H2,1-3H3. The third kappa shape index (κ3) is 5.94. The summed E-state index contributed by atoms with van der Waals surface area (Å²) in [6.45, 7) is 7.19. The van der Waals surface area contributed by atoms with E-state index >= 15 is 0 Å². The Balaban J connectivity index is 2.39. The summed E-state index contributed by atoms with van der Waals surface area (Å²) < 4.78 is 10.5. The number of methoxy groups -OCH3 is 1. The van der Waals surface area contributed by atoms with Crippen molar-refractivity contribution in [3.05, 3.63) is 24.3 Å². The summed E-state index contributed by atoms with van der Waals surface area (Å²) in [7, 11) is 1.67. The van der Waals surface area contributed by atoms with Crippen LogP contribution >= 0.6 is 0 Å². The Labute approximate surface area is 116 Å². The van der Waals surface area contributed by atoms with E-state index in [1.165, 1.54) is 0 Å². The normalized spacial score (nSPS) is 12.5. The Kier molecular flexibility index (Phi) is 7.30. The molecule has 0 heterocycles. The summed E-state index contributed by atoms with van der Waals surface area (Å²) >= 11 is 0. The van der Waals surface area contributed by atoms with Crippen molar-refractivity contribution in [1.29, 1.82) is 0 Å². The number of hydrogen-bond acceptors (Lipinski definition) is 4. The second-order valence-corrected chi connectivity index (χ2v) is 4.99. The molecule has 1 aromatic rings. The van der Waals surface area contributed by atoms with Crippen LogP contribution in [0.1, 0.15) is 13.8 Å². The van der Waals surface area contributed by atoms with Gasteiger partial charge in [0, 0.05) is 19.3 Å². The van der Waals surface area contributed by atoms with Gasteiger partial charge >= 0.3 is 0 Å². The zero-order chi connectivity index (χ0) is 14.1. The number of hydrogen-bond donors (Lipinski definition) is 2. The third-order valence-electron chi connectivity index (χ3n) is 3.22. The molecule has 0 fully saturated rings. The van der Waals surface area contributed by atoms with E-state index in [4.69, 9.17) is 15.2 Å². The molecule has 3 N–H and O–H groups in total. The average molecular weight is 266 g/mol. The highest BCUT2D eigenvalue weighted by Gasteiger charge is 2.10. The lowest BCUT2D eigenvalue weighted by atomic mass is 9.96. The predicted octanol–water partition coefficient (Wildman–Crippen LogP) is 2.35.